The summed E-state index contributed by atoms with van der Waals surface area (Å²) in [5, 5.41) is 3.00. The summed E-state index contributed by atoms with van der Waals surface area (Å²) in [5.41, 5.74) is 6.45. The lowest BCUT2D eigenvalue weighted by Gasteiger charge is -2.28. The van der Waals surface area contributed by atoms with Crippen LogP contribution in [-0.4, -0.2) is 26.1 Å². The van der Waals surface area contributed by atoms with Crippen LogP contribution in [0.4, 0.5) is 0 Å². The number of hydrogen-bond acceptors (Lipinski definition) is 3. The molecule has 0 radical (unpaired) electrons. The lowest BCUT2D eigenvalue weighted by Crippen LogP contribution is -2.45. The SMILES string of the molecule is CCC(CC)(CN)C(=O)NCCc1ccccc1OC.Cl. The summed E-state index contributed by atoms with van der Waals surface area (Å²) in [7, 11) is 1.66. The van der Waals surface area contributed by atoms with Crippen molar-refractivity contribution < 1.29 is 9.53 Å². The van der Waals surface area contributed by atoms with E-state index in [4.69, 9.17) is 10.5 Å². The van der Waals surface area contributed by atoms with Crippen LogP contribution >= 0.6 is 12.4 Å². The molecule has 0 aromatic heterocycles. The maximum Gasteiger partial charge on any atom is 0.227 e. The van der Waals surface area contributed by atoms with Crippen LogP contribution in [0.3, 0.4) is 0 Å². The molecule has 0 atom stereocenters. The fourth-order valence-corrected chi connectivity index (χ4v) is 2.36. The summed E-state index contributed by atoms with van der Waals surface area (Å²) < 4.78 is 5.30. The van der Waals surface area contributed by atoms with Crippen molar-refractivity contribution in [3.63, 3.8) is 0 Å². The predicted octanol–water partition coefficient (Wildman–Crippen LogP) is 2.54. The number of hydrogen-bond donors (Lipinski definition) is 2. The zero-order valence-corrected chi connectivity index (χ0v) is 14.0. The maximum atomic E-state index is 12.3. The Morgan fingerprint density at radius 2 is 1.90 bits per heavy atom. The van der Waals surface area contributed by atoms with E-state index in [0.29, 0.717) is 13.1 Å². The number of carbonyl (C=O) groups excluding carboxylic acids is 1. The zero-order valence-electron chi connectivity index (χ0n) is 13.1. The molecule has 0 saturated carbocycles. The molecule has 1 aromatic carbocycles. The minimum Gasteiger partial charge on any atom is -0.496 e. The Hall–Kier alpha value is -1.26. The normalized spacial score (nSPS) is 10.7. The van der Waals surface area contributed by atoms with E-state index in [9.17, 15) is 4.79 Å². The minimum atomic E-state index is -0.430. The molecule has 5 heteroatoms. The number of ether oxygens (including phenoxy) is 1. The highest BCUT2D eigenvalue weighted by atomic mass is 35.5. The number of nitrogens with two attached hydrogens (primary N) is 1. The van der Waals surface area contributed by atoms with Crippen LogP contribution < -0.4 is 15.8 Å². The highest BCUT2D eigenvalue weighted by Crippen LogP contribution is 2.25. The highest BCUT2D eigenvalue weighted by molar-refractivity contribution is 5.85. The van der Waals surface area contributed by atoms with Crippen LogP contribution in [0.25, 0.3) is 0 Å². The third-order valence-corrected chi connectivity index (χ3v) is 4.10. The van der Waals surface area contributed by atoms with Crippen LogP contribution in [0.1, 0.15) is 32.3 Å². The van der Waals surface area contributed by atoms with Gasteiger partial charge < -0.3 is 15.8 Å². The van der Waals surface area contributed by atoms with Gasteiger partial charge in [-0.05, 0) is 30.9 Å². The van der Waals surface area contributed by atoms with Gasteiger partial charge in [0.2, 0.25) is 5.91 Å². The van der Waals surface area contributed by atoms with Gasteiger partial charge in [0.1, 0.15) is 5.75 Å². The number of rotatable bonds is 8. The van der Waals surface area contributed by atoms with Gasteiger partial charge >= 0.3 is 0 Å². The lowest BCUT2D eigenvalue weighted by atomic mass is 9.81. The molecule has 21 heavy (non-hydrogen) atoms. The molecule has 0 bridgehead atoms. The van der Waals surface area contributed by atoms with Gasteiger partial charge in [0.25, 0.3) is 0 Å². The van der Waals surface area contributed by atoms with Crippen LogP contribution in [0.5, 0.6) is 5.75 Å². The van der Waals surface area contributed by atoms with E-state index in [1.807, 2.05) is 38.1 Å². The van der Waals surface area contributed by atoms with E-state index in [-0.39, 0.29) is 18.3 Å². The van der Waals surface area contributed by atoms with Crippen LogP contribution in [0, 0.1) is 5.41 Å². The quantitative estimate of drug-likeness (QED) is 0.775. The van der Waals surface area contributed by atoms with Crippen molar-refractivity contribution in [2.24, 2.45) is 11.1 Å². The molecule has 1 aromatic rings. The number of methoxy groups -OCH3 is 1. The molecular weight excluding hydrogens is 288 g/mol. The van der Waals surface area contributed by atoms with Crippen molar-refractivity contribution in [1.82, 2.24) is 5.32 Å². The average Bonchev–Trinajstić information content (AvgIpc) is 2.50. The topological polar surface area (TPSA) is 64.4 Å². The van der Waals surface area contributed by atoms with Crippen LogP contribution in [0.15, 0.2) is 24.3 Å². The smallest absolute Gasteiger partial charge is 0.227 e. The number of halogens is 1. The first-order valence-corrected chi connectivity index (χ1v) is 7.23. The van der Waals surface area contributed by atoms with Crippen molar-refractivity contribution in [3.8, 4) is 5.75 Å². The van der Waals surface area contributed by atoms with E-state index in [1.54, 1.807) is 7.11 Å². The molecule has 0 aliphatic heterocycles. The van der Waals surface area contributed by atoms with E-state index < -0.39 is 5.41 Å². The summed E-state index contributed by atoms with van der Waals surface area (Å²) >= 11 is 0. The summed E-state index contributed by atoms with van der Waals surface area (Å²) in [6, 6.07) is 7.86. The molecule has 0 aliphatic rings. The third-order valence-electron chi connectivity index (χ3n) is 4.10. The van der Waals surface area contributed by atoms with Crippen molar-refractivity contribution in [2.45, 2.75) is 33.1 Å². The van der Waals surface area contributed by atoms with E-state index in [2.05, 4.69) is 5.32 Å². The second-order valence-electron chi connectivity index (χ2n) is 5.01. The number of nitrogens with one attached hydrogen (secondary N) is 1. The van der Waals surface area contributed by atoms with Gasteiger partial charge in [0.15, 0.2) is 0 Å². The summed E-state index contributed by atoms with van der Waals surface area (Å²) in [6.45, 7) is 5.01. The van der Waals surface area contributed by atoms with Gasteiger partial charge in [0.05, 0.1) is 12.5 Å². The van der Waals surface area contributed by atoms with Crippen molar-refractivity contribution in [1.29, 1.82) is 0 Å². The lowest BCUT2D eigenvalue weighted by molar-refractivity contribution is -0.131. The Balaban J connectivity index is 0.00000400. The Kier molecular flexibility index (Phi) is 9.06. The molecule has 120 valence electrons. The van der Waals surface area contributed by atoms with Gasteiger partial charge in [-0.25, -0.2) is 0 Å². The van der Waals surface area contributed by atoms with Gasteiger partial charge in [-0.2, -0.15) is 0 Å². The summed E-state index contributed by atoms with van der Waals surface area (Å²) in [6.07, 6.45) is 2.28. The van der Waals surface area contributed by atoms with Crippen molar-refractivity contribution >= 4 is 18.3 Å². The fraction of sp³-hybridized carbons (Fsp3) is 0.562. The minimum absolute atomic E-state index is 0. The molecule has 3 N–H and O–H groups in total. The fourth-order valence-electron chi connectivity index (χ4n) is 2.36. The van der Waals surface area contributed by atoms with Crippen LogP contribution in [-0.2, 0) is 11.2 Å². The Bertz CT molecular complexity index is 426. The van der Waals surface area contributed by atoms with E-state index >= 15 is 0 Å². The monoisotopic (exact) mass is 314 g/mol. The molecule has 0 heterocycles. The van der Waals surface area contributed by atoms with Gasteiger partial charge in [-0.3, -0.25) is 4.79 Å². The van der Waals surface area contributed by atoms with Crippen molar-refractivity contribution in [2.75, 3.05) is 20.2 Å². The van der Waals surface area contributed by atoms with E-state index in [1.165, 1.54) is 0 Å². The first-order chi connectivity index (χ1) is 9.63. The molecule has 1 amide bonds. The molecule has 0 spiro atoms. The molecular formula is C16H27ClN2O2. The second kappa shape index (κ2) is 9.64. The molecule has 0 aliphatic carbocycles. The summed E-state index contributed by atoms with van der Waals surface area (Å²) in [4.78, 5) is 12.3. The van der Waals surface area contributed by atoms with Crippen LogP contribution in [0.2, 0.25) is 0 Å². The van der Waals surface area contributed by atoms with Gasteiger partial charge in [-0.1, -0.05) is 32.0 Å². The number of carbonyl (C=O) groups is 1. The molecule has 0 fully saturated rings. The average molecular weight is 315 g/mol. The summed E-state index contributed by atoms with van der Waals surface area (Å²) in [5.74, 6) is 0.915. The highest BCUT2D eigenvalue weighted by Gasteiger charge is 2.32. The van der Waals surface area contributed by atoms with Crippen molar-refractivity contribution in [3.05, 3.63) is 29.8 Å². The molecule has 0 unspecified atom stereocenters. The Morgan fingerprint density at radius 1 is 1.29 bits per heavy atom. The standard InChI is InChI=1S/C16H26N2O2.ClH/c1-4-16(5-2,12-17)15(19)18-11-10-13-8-6-7-9-14(13)20-3;/h6-9H,4-5,10-12,17H2,1-3H3,(H,18,19);1H. The van der Waals surface area contributed by atoms with Gasteiger partial charge in [0, 0.05) is 13.1 Å². The zero-order chi connectivity index (χ0) is 15.0. The number of amides is 1. The first-order valence-electron chi connectivity index (χ1n) is 7.23. The number of benzene rings is 1. The third kappa shape index (κ3) is 4.90. The van der Waals surface area contributed by atoms with Gasteiger partial charge in [-0.15, -0.1) is 12.4 Å². The Labute approximate surface area is 133 Å². The second-order valence-corrected chi connectivity index (χ2v) is 5.01. The Morgan fingerprint density at radius 3 is 2.43 bits per heavy atom. The van der Waals surface area contributed by atoms with E-state index in [0.717, 1.165) is 30.6 Å². The molecule has 4 nitrogen and oxygen atoms in total. The number of para-hydroxylation sites is 1. The predicted molar refractivity (Wildman–Crippen MR) is 89.0 cm³/mol. The molecule has 1 rings (SSSR count). The molecule has 0 saturated heterocycles. The maximum absolute atomic E-state index is 12.3. The first kappa shape index (κ1) is 19.7. The largest absolute Gasteiger partial charge is 0.496 e.